The number of imidazole rings is 1. The number of nitrogens with one attached hydrogen (secondary N) is 1. The van der Waals surface area contributed by atoms with Gasteiger partial charge in [-0.05, 0) is 6.42 Å². The number of carbonyl (C=O) groups is 4. The Labute approximate surface area is 213 Å². The largest absolute Gasteiger partial charge is 0.463 e. The molecule has 37 heavy (non-hydrogen) atoms. The highest BCUT2D eigenvalue weighted by Crippen LogP contribution is 2.36. The fourth-order valence-corrected chi connectivity index (χ4v) is 3.72. The number of hydrogen-bond donors (Lipinski definition) is 2. The van der Waals surface area contributed by atoms with Gasteiger partial charge >= 0.3 is 17.9 Å². The summed E-state index contributed by atoms with van der Waals surface area (Å²) in [5.74, 6) is -1.49. The van der Waals surface area contributed by atoms with Gasteiger partial charge in [0.25, 0.3) is 0 Å². The summed E-state index contributed by atoms with van der Waals surface area (Å²) in [7, 11) is 0. The van der Waals surface area contributed by atoms with Gasteiger partial charge in [0.15, 0.2) is 35.4 Å². The highest BCUT2D eigenvalue weighted by atomic mass is 16.7. The minimum absolute atomic E-state index is 0.0827. The predicted molar refractivity (Wildman–Crippen MR) is 128 cm³/mol. The summed E-state index contributed by atoms with van der Waals surface area (Å²) < 4.78 is 24.2. The van der Waals surface area contributed by atoms with Crippen LogP contribution in [-0.2, 0) is 38.1 Å². The van der Waals surface area contributed by atoms with E-state index in [9.17, 15) is 19.2 Å². The lowest BCUT2D eigenvalue weighted by atomic mass is 10.1. The SMILES string of the molecule is CCC(=O)OC[C@H]1O[C@@H](n2cnc3c(NCCCC(N)=O)ncnc32)[C@H](OC(=O)CC)[C@@H]1OC(=O)CC. The van der Waals surface area contributed by atoms with Gasteiger partial charge in [-0.2, -0.15) is 0 Å². The average molecular weight is 521 g/mol. The highest BCUT2D eigenvalue weighted by molar-refractivity contribution is 5.82. The second-order valence-corrected chi connectivity index (χ2v) is 8.26. The molecule has 14 heteroatoms. The number of primary amides is 1. The van der Waals surface area contributed by atoms with E-state index in [1.165, 1.54) is 12.7 Å². The Kier molecular flexibility index (Phi) is 9.71. The molecule has 1 saturated heterocycles. The Balaban J connectivity index is 1.94. The lowest BCUT2D eigenvalue weighted by Crippen LogP contribution is -2.41. The fraction of sp³-hybridized carbons (Fsp3) is 0.609. The Hall–Kier alpha value is -3.81. The molecule has 0 aromatic carbocycles. The van der Waals surface area contributed by atoms with Gasteiger partial charge < -0.3 is 30.0 Å². The van der Waals surface area contributed by atoms with Crippen LogP contribution in [0.15, 0.2) is 12.7 Å². The summed E-state index contributed by atoms with van der Waals surface area (Å²) in [6.45, 7) is 5.14. The summed E-state index contributed by atoms with van der Waals surface area (Å²) in [6, 6.07) is 0. The number of rotatable bonds is 13. The van der Waals surface area contributed by atoms with Gasteiger partial charge in [-0.3, -0.25) is 23.7 Å². The van der Waals surface area contributed by atoms with Crippen LogP contribution in [0, 0.1) is 0 Å². The molecule has 14 nitrogen and oxygen atoms in total. The van der Waals surface area contributed by atoms with Crippen molar-refractivity contribution in [2.24, 2.45) is 5.73 Å². The Morgan fingerprint density at radius 2 is 1.68 bits per heavy atom. The van der Waals surface area contributed by atoms with Crippen LogP contribution in [0.2, 0.25) is 0 Å². The van der Waals surface area contributed by atoms with Crippen molar-refractivity contribution in [3.63, 3.8) is 0 Å². The van der Waals surface area contributed by atoms with Gasteiger partial charge in [-0.15, -0.1) is 0 Å². The molecule has 3 rings (SSSR count). The normalized spacial score (nSPS) is 20.9. The standard InChI is InChI=1S/C23H32N6O8/c1-4-15(31)34-10-13-19(36-16(32)5-2)20(37-17(33)6-3)23(35-13)29-12-28-18-21(26-11-27-22(18)29)25-9-7-8-14(24)30/h11-13,19-20,23H,4-10H2,1-3H3,(H2,24,30)(H,25,26,27)/t13-,19-,20-,23-/m1/s1. The van der Waals surface area contributed by atoms with E-state index in [0.29, 0.717) is 29.9 Å². The maximum Gasteiger partial charge on any atom is 0.306 e. The molecular weight excluding hydrogens is 488 g/mol. The molecule has 4 atom stereocenters. The molecule has 0 saturated carbocycles. The van der Waals surface area contributed by atoms with Crippen LogP contribution in [0.5, 0.6) is 0 Å². The van der Waals surface area contributed by atoms with Gasteiger partial charge in [-0.25, -0.2) is 15.0 Å². The fourth-order valence-electron chi connectivity index (χ4n) is 3.72. The van der Waals surface area contributed by atoms with Crippen molar-refractivity contribution < 1.29 is 38.1 Å². The monoisotopic (exact) mass is 520 g/mol. The molecule has 1 fully saturated rings. The lowest BCUT2D eigenvalue weighted by molar-refractivity contribution is -0.169. The maximum absolute atomic E-state index is 12.3. The number of aromatic nitrogens is 4. The van der Waals surface area contributed by atoms with E-state index in [4.69, 9.17) is 24.7 Å². The van der Waals surface area contributed by atoms with E-state index < -0.39 is 48.4 Å². The second-order valence-electron chi connectivity index (χ2n) is 8.26. The molecule has 202 valence electrons. The van der Waals surface area contributed by atoms with Crippen LogP contribution in [0.1, 0.15) is 59.1 Å². The van der Waals surface area contributed by atoms with Gasteiger partial charge in [0, 0.05) is 32.2 Å². The zero-order valence-corrected chi connectivity index (χ0v) is 21.0. The van der Waals surface area contributed by atoms with E-state index in [1.54, 1.807) is 25.3 Å². The van der Waals surface area contributed by atoms with E-state index in [-0.39, 0.29) is 32.3 Å². The molecule has 3 heterocycles. The predicted octanol–water partition coefficient (Wildman–Crippen LogP) is 0.998. The Morgan fingerprint density at radius 1 is 1.00 bits per heavy atom. The summed E-state index contributed by atoms with van der Waals surface area (Å²) in [4.78, 5) is 60.2. The first kappa shape index (κ1) is 27.8. The van der Waals surface area contributed by atoms with Crippen molar-refractivity contribution in [3.05, 3.63) is 12.7 Å². The molecule has 2 aromatic heterocycles. The first-order chi connectivity index (χ1) is 17.8. The van der Waals surface area contributed by atoms with Crippen molar-refractivity contribution in [2.75, 3.05) is 18.5 Å². The van der Waals surface area contributed by atoms with E-state index in [2.05, 4.69) is 20.3 Å². The topological polar surface area (TPSA) is 187 Å². The number of amides is 1. The minimum Gasteiger partial charge on any atom is -0.463 e. The highest BCUT2D eigenvalue weighted by Gasteiger charge is 2.51. The molecule has 1 aliphatic rings. The number of anilines is 1. The van der Waals surface area contributed by atoms with Crippen molar-refractivity contribution in [3.8, 4) is 0 Å². The van der Waals surface area contributed by atoms with Crippen LogP contribution in [0.3, 0.4) is 0 Å². The number of fused-ring (bicyclic) bond motifs is 1. The molecule has 0 aliphatic carbocycles. The van der Waals surface area contributed by atoms with E-state index in [1.807, 2.05) is 0 Å². The number of esters is 3. The zero-order valence-electron chi connectivity index (χ0n) is 21.0. The summed E-state index contributed by atoms with van der Waals surface area (Å²) >= 11 is 0. The number of hydrogen-bond acceptors (Lipinski definition) is 12. The van der Waals surface area contributed by atoms with Crippen LogP contribution in [0.25, 0.3) is 11.2 Å². The molecule has 0 unspecified atom stereocenters. The van der Waals surface area contributed by atoms with E-state index >= 15 is 0 Å². The van der Waals surface area contributed by atoms with Gasteiger partial charge in [0.2, 0.25) is 5.91 Å². The Morgan fingerprint density at radius 3 is 2.32 bits per heavy atom. The van der Waals surface area contributed by atoms with Crippen molar-refractivity contribution in [2.45, 2.75) is 77.4 Å². The number of nitrogens with zero attached hydrogens (tertiary/aromatic N) is 4. The molecule has 0 spiro atoms. The van der Waals surface area contributed by atoms with Crippen molar-refractivity contribution in [1.29, 1.82) is 0 Å². The van der Waals surface area contributed by atoms with Gasteiger partial charge in [0.05, 0.1) is 6.33 Å². The minimum atomic E-state index is -1.06. The third kappa shape index (κ3) is 6.90. The van der Waals surface area contributed by atoms with Crippen LogP contribution in [-0.4, -0.2) is 74.8 Å². The number of carbonyl (C=O) groups excluding carboxylic acids is 4. The molecule has 1 amide bonds. The molecule has 2 aromatic rings. The summed E-state index contributed by atoms with van der Waals surface area (Å²) in [5, 5.41) is 3.10. The van der Waals surface area contributed by atoms with Crippen molar-refractivity contribution >= 4 is 40.8 Å². The van der Waals surface area contributed by atoms with Gasteiger partial charge in [0.1, 0.15) is 19.0 Å². The van der Waals surface area contributed by atoms with E-state index in [0.717, 1.165) is 0 Å². The molecular formula is C23H32N6O8. The Bertz CT molecular complexity index is 1120. The summed E-state index contributed by atoms with van der Waals surface area (Å²) in [5.41, 5.74) is 5.96. The van der Waals surface area contributed by atoms with Crippen LogP contribution in [0.4, 0.5) is 5.82 Å². The third-order valence-electron chi connectivity index (χ3n) is 5.62. The average Bonchev–Trinajstić information content (AvgIpc) is 3.46. The smallest absolute Gasteiger partial charge is 0.306 e. The van der Waals surface area contributed by atoms with Crippen LogP contribution >= 0.6 is 0 Å². The maximum atomic E-state index is 12.3. The summed E-state index contributed by atoms with van der Waals surface area (Å²) in [6.07, 6.45) is -0.170. The van der Waals surface area contributed by atoms with Gasteiger partial charge in [-0.1, -0.05) is 20.8 Å². The molecule has 1 aliphatic heterocycles. The second kappa shape index (κ2) is 12.9. The quantitative estimate of drug-likeness (QED) is 0.217. The van der Waals surface area contributed by atoms with Crippen molar-refractivity contribution in [1.82, 2.24) is 19.5 Å². The number of nitrogens with two attached hydrogens (primary N) is 1. The lowest BCUT2D eigenvalue weighted by Gasteiger charge is -2.24. The third-order valence-corrected chi connectivity index (χ3v) is 5.62. The first-order valence-corrected chi connectivity index (χ1v) is 12.2. The zero-order chi connectivity index (χ0) is 26.9. The molecule has 0 radical (unpaired) electrons. The number of ether oxygens (including phenoxy) is 4. The first-order valence-electron chi connectivity index (χ1n) is 12.2. The molecule has 3 N–H and O–H groups in total. The molecule has 0 bridgehead atoms. The van der Waals surface area contributed by atoms with Crippen LogP contribution < -0.4 is 11.1 Å².